The number of anilines is 3. The maximum atomic E-state index is 13.8. The normalized spacial score (nSPS) is 14.7. The van der Waals surface area contributed by atoms with E-state index in [2.05, 4.69) is 10.3 Å². The maximum absolute atomic E-state index is 13.8. The average Bonchev–Trinajstić information content (AvgIpc) is 3.51. The number of nitrogens with one attached hydrogen (secondary N) is 2. The van der Waals surface area contributed by atoms with Gasteiger partial charge in [0.25, 0.3) is 11.8 Å². The van der Waals surface area contributed by atoms with Gasteiger partial charge in [-0.1, -0.05) is 18.2 Å². The van der Waals surface area contributed by atoms with E-state index in [1.165, 1.54) is 0 Å². The lowest BCUT2D eigenvalue weighted by Gasteiger charge is -2.19. The zero-order chi connectivity index (χ0) is 26.6. The summed E-state index contributed by atoms with van der Waals surface area (Å²) in [6.07, 6.45) is 0. The fourth-order valence-corrected chi connectivity index (χ4v) is 5.58. The number of hydrogen-bond acceptors (Lipinski definition) is 4. The van der Waals surface area contributed by atoms with Crippen molar-refractivity contribution in [2.75, 3.05) is 28.4 Å². The molecule has 0 spiro atoms. The topological polar surface area (TPSA) is 111 Å². The highest BCUT2D eigenvalue weighted by Gasteiger charge is 2.35. The number of nitrogen functional groups attached to an aromatic ring is 1. The molecule has 0 saturated carbocycles. The molecule has 190 valence electrons. The first kappa shape index (κ1) is 23.9. The summed E-state index contributed by atoms with van der Waals surface area (Å²) in [4.78, 5) is 31.3. The van der Waals surface area contributed by atoms with Crippen LogP contribution in [-0.4, -0.2) is 34.3 Å². The van der Waals surface area contributed by atoms with Crippen molar-refractivity contribution in [3.63, 3.8) is 0 Å². The SMILES string of the molecule is Cc1cccc2c(O)cc3c(c12)[C@H](CCl)CN3C(=O)c1ccc2[nH]c(C(=O)Nc3ccc(N)cc3)cc2c1. The highest BCUT2D eigenvalue weighted by Crippen LogP contribution is 2.46. The monoisotopic (exact) mass is 524 g/mol. The molecule has 0 radical (unpaired) electrons. The first-order valence-electron chi connectivity index (χ1n) is 12.3. The predicted molar refractivity (Wildman–Crippen MR) is 153 cm³/mol. The Morgan fingerprint density at radius 3 is 2.66 bits per heavy atom. The van der Waals surface area contributed by atoms with Gasteiger partial charge in [0.15, 0.2) is 0 Å². The fraction of sp³-hybridized carbons (Fsp3) is 0.133. The molecule has 2 amide bonds. The van der Waals surface area contributed by atoms with Crippen LogP contribution in [0.3, 0.4) is 0 Å². The molecule has 38 heavy (non-hydrogen) atoms. The summed E-state index contributed by atoms with van der Waals surface area (Å²) in [5.74, 6) is -0.0566. The number of nitrogens with two attached hydrogens (primary N) is 1. The van der Waals surface area contributed by atoms with Gasteiger partial charge in [0, 0.05) is 57.6 Å². The summed E-state index contributed by atoms with van der Waals surface area (Å²) in [5.41, 5.74) is 11.2. The first-order valence-corrected chi connectivity index (χ1v) is 12.8. The lowest BCUT2D eigenvalue weighted by molar-refractivity contribution is 0.0986. The van der Waals surface area contributed by atoms with Gasteiger partial charge in [-0.2, -0.15) is 0 Å². The van der Waals surface area contributed by atoms with Gasteiger partial charge in [-0.15, -0.1) is 11.6 Å². The molecule has 5 aromatic rings. The molecule has 4 aromatic carbocycles. The zero-order valence-corrected chi connectivity index (χ0v) is 21.3. The van der Waals surface area contributed by atoms with Gasteiger partial charge in [0.2, 0.25) is 0 Å². The Morgan fingerprint density at radius 1 is 1.11 bits per heavy atom. The van der Waals surface area contributed by atoms with E-state index in [-0.39, 0.29) is 23.5 Å². The van der Waals surface area contributed by atoms with Crippen LogP contribution in [0.2, 0.25) is 0 Å². The molecular weight excluding hydrogens is 500 g/mol. The van der Waals surface area contributed by atoms with Gasteiger partial charge in [0.1, 0.15) is 11.4 Å². The number of aromatic hydroxyl groups is 1. The van der Waals surface area contributed by atoms with Crippen molar-refractivity contribution in [2.45, 2.75) is 12.8 Å². The minimum Gasteiger partial charge on any atom is -0.507 e. The van der Waals surface area contributed by atoms with E-state index < -0.39 is 0 Å². The molecule has 1 aliphatic rings. The number of halogens is 1. The van der Waals surface area contributed by atoms with Crippen LogP contribution in [0.5, 0.6) is 5.75 Å². The molecule has 2 heterocycles. The van der Waals surface area contributed by atoms with Gasteiger partial charge >= 0.3 is 0 Å². The predicted octanol–water partition coefficient (Wildman–Crippen LogP) is 6.15. The van der Waals surface area contributed by atoms with Crippen LogP contribution < -0.4 is 16.0 Å². The fourth-order valence-electron chi connectivity index (χ4n) is 5.33. The number of rotatable bonds is 4. The number of carbonyl (C=O) groups is 2. The average molecular weight is 525 g/mol. The lowest BCUT2D eigenvalue weighted by Crippen LogP contribution is -2.30. The van der Waals surface area contributed by atoms with E-state index in [1.54, 1.807) is 59.5 Å². The molecule has 1 aromatic heterocycles. The third-order valence-electron chi connectivity index (χ3n) is 7.18. The van der Waals surface area contributed by atoms with E-state index in [9.17, 15) is 14.7 Å². The molecular formula is C30H25ClN4O3. The zero-order valence-electron chi connectivity index (χ0n) is 20.6. The number of phenols is 1. The largest absolute Gasteiger partial charge is 0.507 e. The number of aromatic amines is 1. The second-order valence-electron chi connectivity index (χ2n) is 9.65. The van der Waals surface area contributed by atoms with Gasteiger partial charge in [-0.25, -0.2) is 0 Å². The van der Waals surface area contributed by atoms with E-state index in [1.807, 2.05) is 25.1 Å². The Balaban J connectivity index is 1.33. The Labute approximate surface area is 223 Å². The molecule has 6 rings (SSSR count). The maximum Gasteiger partial charge on any atom is 0.272 e. The van der Waals surface area contributed by atoms with Crippen LogP contribution in [0.4, 0.5) is 17.1 Å². The van der Waals surface area contributed by atoms with Crippen molar-refractivity contribution >= 4 is 62.2 Å². The van der Waals surface area contributed by atoms with Crippen molar-refractivity contribution in [1.82, 2.24) is 4.98 Å². The van der Waals surface area contributed by atoms with Crippen molar-refractivity contribution in [2.24, 2.45) is 0 Å². The molecule has 8 heteroatoms. The number of aryl methyl sites for hydroxylation is 1. The lowest BCUT2D eigenvalue weighted by atomic mass is 9.92. The van der Waals surface area contributed by atoms with Crippen molar-refractivity contribution < 1.29 is 14.7 Å². The summed E-state index contributed by atoms with van der Waals surface area (Å²) in [7, 11) is 0. The van der Waals surface area contributed by atoms with Crippen molar-refractivity contribution in [3.05, 3.63) is 95.2 Å². The van der Waals surface area contributed by atoms with Crippen LogP contribution in [0.25, 0.3) is 21.7 Å². The highest BCUT2D eigenvalue weighted by atomic mass is 35.5. The third-order valence-corrected chi connectivity index (χ3v) is 7.55. The molecule has 0 aliphatic carbocycles. The van der Waals surface area contributed by atoms with Gasteiger partial charge < -0.3 is 26.0 Å². The number of nitrogens with zero attached hydrogens (tertiary/aromatic N) is 1. The standard InChI is InChI=1S/C30H25ClN4O3/c1-16-3-2-4-22-26(36)13-25-28(27(16)22)19(14-31)15-35(25)30(38)17-5-10-23-18(11-17)12-24(34-23)29(37)33-21-8-6-20(32)7-9-21/h2-13,19,34,36H,14-15,32H2,1H3,(H,33,37)/t19-/m1/s1. The molecule has 7 nitrogen and oxygen atoms in total. The molecule has 0 fully saturated rings. The minimum atomic E-state index is -0.296. The van der Waals surface area contributed by atoms with E-state index >= 15 is 0 Å². The second kappa shape index (κ2) is 9.11. The van der Waals surface area contributed by atoms with Gasteiger partial charge in [-0.3, -0.25) is 9.59 Å². The van der Waals surface area contributed by atoms with Crippen LogP contribution in [0, 0.1) is 6.92 Å². The quantitative estimate of drug-likeness (QED) is 0.167. The second-order valence-corrected chi connectivity index (χ2v) is 9.96. The number of phenolic OH excluding ortho intramolecular Hbond substituents is 1. The summed E-state index contributed by atoms with van der Waals surface area (Å²) in [5, 5.41) is 16.1. The number of benzene rings is 4. The van der Waals surface area contributed by atoms with Crippen molar-refractivity contribution in [3.8, 4) is 5.75 Å². The highest BCUT2D eigenvalue weighted by molar-refractivity contribution is 6.19. The molecule has 1 atom stereocenters. The van der Waals surface area contributed by atoms with E-state index in [0.29, 0.717) is 40.7 Å². The molecule has 0 bridgehead atoms. The number of aromatic nitrogens is 1. The van der Waals surface area contributed by atoms with Gasteiger partial charge in [-0.05, 0) is 72.0 Å². The Hall–Kier alpha value is -4.49. The summed E-state index contributed by atoms with van der Waals surface area (Å²) in [6.45, 7) is 2.42. The van der Waals surface area contributed by atoms with Crippen LogP contribution in [0.1, 0.15) is 37.9 Å². The van der Waals surface area contributed by atoms with Crippen LogP contribution in [-0.2, 0) is 0 Å². The Bertz CT molecular complexity index is 1740. The summed E-state index contributed by atoms with van der Waals surface area (Å²) in [6, 6.07) is 21.4. The van der Waals surface area contributed by atoms with Crippen LogP contribution >= 0.6 is 11.6 Å². The number of alkyl halides is 1. The number of carbonyl (C=O) groups excluding carboxylic acids is 2. The van der Waals surface area contributed by atoms with Crippen molar-refractivity contribution in [1.29, 1.82) is 0 Å². The molecule has 1 aliphatic heterocycles. The first-order chi connectivity index (χ1) is 18.3. The molecule has 0 unspecified atom stereocenters. The summed E-state index contributed by atoms with van der Waals surface area (Å²) >= 11 is 6.37. The molecule has 5 N–H and O–H groups in total. The smallest absolute Gasteiger partial charge is 0.272 e. The summed E-state index contributed by atoms with van der Waals surface area (Å²) < 4.78 is 0. The van der Waals surface area contributed by atoms with E-state index in [0.717, 1.165) is 32.8 Å². The number of hydrogen-bond donors (Lipinski definition) is 4. The Kier molecular flexibility index (Phi) is 5.73. The number of fused-ring (bicyclic) bond motifs is 4. The minimum absolute atomic E-state index is 0.0561. The third kappa shape index (κ3) is 3.92. The van der Waals surface area contributed by atoms with Gasteiger partial charge in [0.05, 0.1) is 5.69 Å². The van der Waals surface area contributed by atoms with Crippen LogP contribution in [0.15, 0.2) is 72.8 Å². The molecule has 0 saturated heterocycles. The van der Waals surface area contributed by atoms with E-state index in [4.69, 9.17) is 17.3 Å². The number of amides is 2. The Morgan fingerprint density at radius 2 is 1.89 bits per heavy atom. The number of H-pyrrole nitrogens is 1.